The van der Waals surface area contributed by atoms with Gasteiger partial charge in [-0.15, -0.1) is 0 Å². The Morgan fingerprint density at radius 3 is 2.45 bits per heavy atom. The summed E-state index contributed by atoms with van der Waals surface area (Å²) >= 11 is 0. The number of nitrogens with zero attached hydrogens (tertiary/aromatic N) is 5. The third-order valence-electron chi connectivity index (χ3n) is 5.86. The zero-order valence-corrected chi connectivity index (χ0v) is 19.8. The van der Waals surface area contributed by atoms with Crippen molar-refractivity contribution in [1.82, 2.24) is 24.7 Å². The zero-order chi connectivity index (χ0) is 23.5. The van der Waals surface area contributed by atoms with Crippen LogP contribution in [0.3, 0.4) is 0 Å². The molecule has 3 rings (SSSR count). The van der Waals surface area contributed by atoms with E-state index in [1.807, 2.05) is 30.0 Å². The molecule has 176 valence electrons. The zero-order valence-electron chi connectivity index (χ0n) is 19.8. The van der Waals surface area contributed by atoms with Crippen LogP contribution in [-0.2, 0) is 4.79 Å². The standard InChI is InChI=1S/C26H35N5O2/c1-3-4-14-31(26(33)24-21-27-22(2)20-28-24)15-12-25(32)30-18-16-29(17-19-30)13-8-11-23-9-6-5-7-10-23/h5-11,20-21H,3-4,12-19H2,1-2H3. The van der Waals surface area contributed by atoms with Crippen LogP contribution in [0.4, 0.5) is 0 Å². The molecule has 2 heterocycles. The van der Waals surface area contributed by atoms with Crippen molar-refractivity contribution in [3.05, 3.63) is 65.8 Å². The SMILES string of the molecule is CCCCN(CCC(=O)N1CCN(CC=Cc2ccccc2)CC1)C(=O)c1cnc(C)cn1. The van der Waals surface area contributed by atoms with E-state index in [1.165, 1.54) is 11.8 Å². The number of rotatable bonds is 10. The van der Waals surface area contributed by atoms with Crippen LogP contribution in [0, 0.1) is 6.92 Å². The summed E-state index contributed by atoms with van der Waals surface area (Å²) in [6.45, 7) is 9.03. The molecule has 7 nitrogen and oxygen atoms in total. The maximum atomic E-state index is 12.9. The molecule has 2 amide bonds. The van der Waals surface area contributed by atoms with Gasteiger partial charge >= 0.3 is 0 Å². The van der Waals surface area contributed by atoms with E-state index in [1.54, 1.807) is 11.1 Å². The van der Waals surface area contributed by atoms with Gasteiger partial charge in [0.1, 0.15) is 5.69 Å². The Labute approximate surface area is 197 Å². The molecule has 1 aliphatic heterocycles. The minimum absolute atomic E-state index is 0.110. The number of hydrogen-bond donors (Lipinski definition) is 0. The van der Waals surface area contributed by atoms with Gasteiger partial charge in [0, 0.05) is 58.4 Å². The lowest BCUT2D eigenvalue weighted by molar-refractivity contribution is -0.133. The second kappa shape index (κ2) is 12.8. The summed E-state index contributed by atoms with van der Waals surface area (Å²) in [5, 5.41) is 0. The average molecular weight is 450 g/mol. The van der Waals surface area contributed by atoms with Crippen LogP contribution in [0.15, 0.2) is 48.8 Å². The van der Waals surface area contributed by atoms with Crippen LogP contribution in [0.25, 0.3) is 6.08 Å². The minimum atomic E-state index is -0.154. The molecular weight excluding hydrogens is 414 g/mol. The maximum absolute atomic E-state index is 12.9. The van der Waals surface area contributed by atoms with E-state index in [0.717, 1.165) is 51.3 Å². The van der Waals surface area contributed by atoms with Crippen molar-refractivity contribution in [2.24, 2.45) is 0 Å². The number of amides is 2. The van der Waals surface area contributed by atoms with Gasteiger partial charge in [-0.3, -0.25) is 19.5 Å². The summed E-state index contributed by atoms with van der Waals surface area (Å²) in [6, 6.07) is 10.3. The molecule has 0 spiro atoms. The van der Waals surface area contributed by atoms with Crippen LogP contribution < -0.4 is 0 Å². The van der Waals surface area contributed by atoms with Crippen LogP contribution in [0.1, 0.15) is 47.9 Å². The Bertz CT molecular complexity index is 906. The molecule has 7 heteroatoms. The Balaban J connectivity index is 1.45. The molecule has 1 aromatic carbocycles. The molecule has 1 fully saturated rings. The predicted octanol–water partition coefficient (Wildman–Crippen LogP) is 3.28. The van der Waals surface area contributed by atoms with Crippen LogP contribution in [0.2, 0.25) is 0 Å². The fourth-order valence-corrected chi connectivity index (χ4v) is 3.80. The maximum Gasteiger partial charge on any atom is 0.274 e. The first-order valence-corrected chi connectivity index (χ1v) is 11.9. The minimum Gasteiger partial charge on any atom is -0.340 e. The van der Waals surface area contributed by atoms with Gasteiger partial charge in [-0.2, -0.15) is 0 Å². The third-order valence-corrected chi connectivity index (χ3v) is 5.86. The Hall–Kier alpha value is -3.06. The second-order valence-corrected chi connectivity index (χ2v) is 8.43. The van der Waals surface area contributed by atoms with Crippen molar-refractivity contribution < 1.29 is 9.59 Å². The molecule has 2 aromatic rings. The Morgan fingerprint density at radius 2 is 1.79 bits per heavy atom. The molecule has 0 aliphatic carbocycles. The highest BCUT2D eigenvalue weighted by Gasteiger charge is 2.23. The summed E-state index contributed by atoms with van der Waals surface area (Å²) in [6.07, 6.45) is 9.65. The van der Waals surface area contributed by atoms with Crippen molar-refractivity contribution in [3.8, 4) is 0 Å². The van der Waals surface area contributed by atoms with Crippen LogP contribution in [-0.4, -0.2) is 82.3 Å². The lowest BCUT2D eigenvalue weighted by Gasteiger charge is -2.34. The van der Waals surface area contributed by atoms with Gasteiger partial charge in [0.15, 0.2) is 0 Å². The van der Waals surface area contributed by atoms with Gasteiger partial charge in [-0.25, -0.2) is 4.98 Å². The first kappa shape index (κ1) is 24.6. The number of carbonyl (C=O) groups is 2. The largest absolute Gasteiger partial charge is 0.340 e. The van der Waals surface area contributed by atoms with Gasteiger partial charge in [-0.1, -0.05) is 55.8 Å². The van der Waals surface area contributed by atoms with Gasteiger partial charge in [0.25, 0.3) is 5.91 Å². The van der Waals surface area contributed by atoms with Crippen molar-refractivity contribution in [2.75, 3.05) is 45.8 Å². The fraction of sp³-hybridized carbons (Fsp3) is 0.462. The number of piperazine rings is 1. The molecule has 0 N–H and O–H groups in total. The predicted molar refractivity (Wildman–Crippen MR) is 131 cm³/mol. The van der Waals surface area contributed by atoms with E-state index in [0.29, 0.717) is 25.2 Å². The summed E-state index contributed by atoms with van der Waals surface area (Å²) in [5.41, 5.74) is 2.31. The highest BCUT2D eigenvalue weighted by atomic mass is 16.2. The van der Waals surface area contributed by atoms with Crippen molar-refractivity contribution >= 4 is 17.9 Å². The van der Waals surface area contributed by atoms with E-state index >= 15 is 0 Å². The number of unbranched alkanes of at least 4 members (excludes halogenated alkanes) is 1. The van der Waals surface area contributed by atoms with Gasteiger partial charge in [-0.05, 0) is 18.9 Å². The van der Waals surface area contributed by atoms with E-state index < -0.39 is 0 Å². The van der Waals surface area contributed by atoms with E-state index in [4.69, 9.17) is 0 Å². The molecular formula is C26H35N5O2. The molecule has 1 saturated heterocycles. The van der Waals surface area contributed by atoms with Crippen molar-refractivity contribution in [2.45, 2.75) is 33.1 Å². The number of carbonyl (C=O) groups excluding carboxylic acids is 2. The topological polar surface area (TPSA) is 69.6 Å². The molecule has 0 bridgehead atoms. The highest BCUT2D eigenvalue weighted by molar-refractivity contribution is 5.92. The van der Waals surface area contributed by atoms with Crippen molar-refractivity contribution in [1.29, 1.82) is 0 Å². The normalized spacial score (nSPS) is 14.5. The first-order chi connectivity index (χ1) is 16.1. The van der Waals surface area contributed by atoms with E-state index in [-0.39, 0.29) is 11.8 Å². The summed E-state index contributed by atoms with van der Waals surface area (Å²) < 4.78 is 0. The average Bonchev–Trinajstić information content (AvgIpc) is 2.85. The molecule has 0 radical (unpaired) electrons. The second-order valence-electron chi connectivity index (χ2n) is 8.43. The lowest BCUT2D eigenvalue weighted by Crippen LogP contribution is -2.49. The Morgan fingerprint density at radius 1 is 1.03 bits per heavy atom. The molecule has 0 atom stereocenters. The summed E-state index contributed by atoms with van der Waals surface area (Å²) in [5.74, 6) is -0.0439. The lowest BCUT2D eigenvalue weighted by atomic mass is 10.2. The quantitative estimate of drug-likeness (QED) is 0.557. The number of aromatic nitrogens is 2. The van der Waals surface area contributed by atoms with Gasteiger partial charge in [0.2, 0.25) is 5.91 Å². The fourth-order valence-electron chi connectivity index (χ4n) is 3.80. The third kappa shape index (κ3) is 7.79. The van der Waals surface area contributed by atoms with Gasteiger partial charge in [0.05, 0.1) is 11.9 Å². The van der Waals surface area contributed by atoms with Crippen molar-refractivity contribution in [3.63, 3.8) is 0 Å². The number of hydrogen-bond acceptors (Lipinski definition) is 5. The molecule has 1 aromatic heterocycles. The molecule has 0 unspecified atom stereocenters. The van der Waals surface area contributed by atoms with E-state index in [2.05, 4.69) is 46.1 Å². The molecule has 0 saturated carbocycles. The monoisotopic (exact) mass is 449 g/mol. The number of benzene rings is 1. The van der Waals surface area contributed by atoms with Crippen LogP contribution in [0.5, 0.6) is 0 Å². The first-order valence-electron chi connectivity index (χ1n) is 11.9. The van der Waals surface area contributed by atoms with Crippen LogP contribution >= 0.6 is 0 Å². The molecule has 1 aliphatic rings. The van der Waals surface area contributed by atoms with E-state index in [9.17, 15) is 9.59 Å². The Kier molecular flexibility index (Phi) is 9.57. The molecule has 33 heavy (non-hydrogen) atoms. The highest BCUT2D eigenvalue weighted by Crippen LogP contribution is 2.09. The number of aryl methyl sites for hydroxylation is 1. The van der Waals surface area contributed by atoms with Gasteiger partial charge < -0.3 is 9.80 Å². The summed E-state index contributed by atoms with van der Waals surface area (Å²) in [4.78, 5) is 40.1. The smallest absolute Gasteiger partial charge is 0.274 e. The summed E-state index contributed by atoms with van der Waals surface area (Å²) in [7, 11) is 0.